The third-order valence-electron chi connectivity index (χ3n) is 15.0. The maximum atomic E-state index is 12.9. The molecule has 0 saturated carbocycles. The van der Waals surface area contributed by atoms with Crippen molar-refractivity contribution >= 4 is 17.9 Å². The van der Waals surface area contributed by atoms with Crippen LogP contribution in [-0.4, -0.2) is 37.2 Å². The largest absolute Gasteiger partial charge is 0.462 e. The van der Waals surface area contributed by atoms with Gasteiger partial charge in [-0.1, -0.05) is 323 Å². The zero-order valence-corrected chi connectivity index (χ0v) is 54.0. The van der Waals surface area contributed by atoms with Crippen molar-refractivity contribution in [3.63, 3.8) is 0 Å². The molecule has 0 bridgehead atoms. The van der Waals surface area contributed by atoms with E-state index in [9.17, 15) is 14.4 Å². The quantitative estimate of drug-likeness (QED) is 0.0261. The monoisotopic (exact) mass is 1140 g/mol. The summed E-state index contributed by atoms with van der Waals surface area (Å²) in [6.45, 7) is 6.39. The van der Waals surface area contributed by atoms with E-state index in [1.54, 1.807) is 0 Å². The minimum absolute atomic E-state index is 0.104. The smallest absolute Gasteiger partial charge is 0.306 e. The second-order valence-electron chi connectivity index (χ2n) is 23.0. The van der Waals surface area contributed by atoms with Gasteiger partial charge < -0.3 is 14.2 Å². The van der Waals surface area contributed by atoms with Gasteiger partial charge in [0.25, 0.3) is 0 Å². The summed E-state index contributed by atoms with van der Waals surface area (Å²) in [6.07, 6.45) is 95.7. The van der Waals surface area contributed by atoms with Crippen LogP contribution in [0.3, 0.4) is 0 Å². The van der Waals surface area contributed by atoms with Gasteiger partial charge in [-0.2, -0.15) is 0 Å². The molecule has 470 valence electrons. The van der Waals surface area contributed by atoms with Crippen LogP contribution < -0.4 is 0 Å². The molecule has 1 unspecified atom stereocenters. The molecule has 0 aliphatic carbocycles. The lowest BCUT2D eigenvalue weighted by molar-refractivity contribution is -0.167. The SMILES string of the molecule is CC/C=C\C/C=C\C/C=C\C/C=C\C/C=C\CCCCCC(=O)OC(COC(=O)CCCC/C=C\C/C=C\C/C=C\C/C=C\CC)COC(=O)CCCCCCCCCCCCCCCCCCCCCCCCCCCCCCCC. The highest BCUT2D eigenvalue weighted by atomic mass is 16.6. The molecule has 6 nitrogen and oxygen atoms in total. The van der Waals surface area contributed by atoms with Gasteiger partial charge in [0.15, 0.2) is 6.10 Å². The van der Waals surface area contributed by atoms with E-state index in [1.807, 2.05) is 0 Å². The summed E-state index contributed by atoms with van der Waals surface area (Å²) in [6, 6.07) is 0. The topological polar surface area (TPSA) is 78.9 Å². The van der Waals surface area contributed by atoms with E-state index >= 15 is 0 Å². The number of hydrogen-bond acceptors (Lipinski definition) is 6. The Morgan fingerprint density at radius 1 is 0.256 bits per heavy atom. The lowest BCUT2D eigenvalue weighted by Gasteiger charge is -2.18. The predicted octanol–water partition coefficient (Wildman–Crippen LogP) is 24.2. The van der Waals surface area contributed by atoms with Gasteiger partial charge in [-0.25, -0.2) is 0 Å². The van der Waals surface area contributed by atoms with Crippen molar-refractivity contribution in [1.29, 1.82) is 0 Å². The zero-order valence-electron chi connectivity index (χ0n) is 54.0. The molecule has 0 fully saturated rings. The molecule has 1 atom stereocenters. The fraction of sp³-hybridized carbons (Fsp3) is 0.724. The van der Waals surface area contributed by atoms with Crippen LogP contribution in [0, 0.1) is 0 Å². The molecule has 0 aromatic carbocycles. The summed E-state index contributed by atoms with van der Waals surface area (Å²) >= 11 is 0. The van der Waals surface area contributed by atoms with E-state index in [-0.39, 0.29) is 37.5 Å². The first kappa shape index (κ1) is 78.1. The Labute approximate surface area is 508 Å². The van der Waals surface area contributed by atoms with Crippen LogP contribution in [-0.2, 0) is 28.6 Å². The van der Waals surface area contributed by atoms with Crippen molar-refractivity contribution in [2.75, 3.05) is 13.2 Å². The normalized spacial score (nSPS) is 12.8. The molecule has 0 saturated heterocycles. The molecule has 0 spiro atoms. The third-order valence-corrected chi connectivity index (χ3v) is 15.0. The second-order valence-corrected chi connectivity index (χ2v) is 23.0. The van der Waals surface area contributed by atoms with Gasteiger partial charge in [-0.15, -0.1) is 0 Å². The van der Waals surface area contributed by atoms with Crippen LogP contribution in [0.1, 0.15) is 335 Å². The highest BCUT2D eigenvalue weighted by molar-refractivity contribution is 5.71. The number of ether oxygens (including phenoxy) is 3. The fourth-order valence-electron chi connectivity index (χ4n) is 9.88. The van der Waals surface area contributed by atoms with Crippen LogP contribution >= 0.6 is 0 Å². The van der Waals surface area contributed by atoms with Crippen molar-refractivity contribution in [2.45, 2.75) is 341 Å². The van der Waals surface area contributed by atoms with Crippen molar-refractivity contribution in [2.24, 2.45) is 0 Å². The van der Waals surface area contributed by atoms with Crippen LogP contribution in [0.15, 0.2) is 109 Å². The first-order valence-electron chi connectivity index (χ1n) is 34.9. The molecule has 0 heterocycles. The predicted molar refractivity (Wildman–Crippen MR) is 357 cm³/mol. The number of rotatable bonds is 63. The van der Waals surface area contributed by atoms with E-state index in [0.717, 1.165) is 122 Å². The zero-order chi connectivity index (χ0) is 59.2. The first-order chi connectivity index (χ1) is 40.5. The van der Waals surface area contributed by atoms with Crippen LogP contribution in [0.2, 0.25) is 0 Å². The van der Waals surface area contributed by atoms with E-state index < -0.39 is 6.10 Å². The van der Waals surface area contributed by atoms with Gasteiger partial charge in [-0.05, 0) is 103 Å². The molecular weight excluding hydrogens is 1010 g/mol. The van der Waals surface area contributed by atoms with E-state index in [0.29, 0.717) is 12.8 Å². The molecule has 0 aliphatic heterocycles. The van der Waals surface area contributed by atoms with Crippen molar-refractivity contribution in [3.8, 4) is 0 Å². The molecule has 6 heteroatoms. The minimum atomic E-state index is -0.815. The number of unbranched alkanes of at least 4 members (excludes halogenated alkanes) is 34. The van der Waals surface area contributed by atoms with Crippen LogP contribution in [0.25, 0.3) is 0 Å². The lowest BCUT2D eigenvalue weighted by atomic mass is 10.0. The summed E-state index contributed by atoms with van der Waals surface area (Å²) in [5.74, 6) is -0.969. The Bertz CT molecular complexity index is 1640. The molecule has 0 N–H and O–H groups in total. The Balaban J connectivity index is 4.30. The van der Waals surface area contributed by atoms with E-state index in [2.05, 4.69) is 130 Å². The molecule has 0 aliphatic rings. The fourth-order valence-corrected chi connectivity index (χ4v) is 9.88. The lowest BCUT2D eigenvalue weighted by Crippen LogP contribution is -2.30. The number of carbonyl (C=O) groups excluding carboxylic acids is 3. The average molecular weight is 1140 g/mol. The van der Waals surface area contributed by atoms with Crippen LogP contribution in [0.5, 0.6) is 0 Å². The standard InChI is InChI=1S/C76H130O6/c1-4-7-10-13-16-19-22-25-28-30-32-33-34-35-36-37-38-39-40-41-42-44-45-48-51-54-57-60-63-66-69-75(78)81-72-73(71-80-74(77)68-65-62-59-56-53-50-47-27-24-21-18-15-12-9-6-3)82-76(79)70-67-64-61-58-55-52-49-46-43-31-29-26-23-20-17-14-11-8-5-2/h8-9,11-12,17-18,20-21,26-27,29,43,46-47,52-53,55-56,73H,4-7,10,13-16,19,22-25,28,30-42,44-45,48-51,54,57-72H2,1-3H3/b11-8-,12-9-,20-17-,21-18-,29-26-,46-43-,47-27-,55-52-,56-53-. The third kappa shape index (κ3) is 66.9. The van der Waals surface area contributed by atoms with Crippen molar-refractivity contribution in [3.05, 3.63) is 109 Å². The van der Waals surface area contributed by atoms with Crippen molar-refractivity contribution in [1.82, 2.24) is 0 Å². The average Bonchev–Trinajstić information content (AvgIpc) is 3.47. The van der Waals surface area contributed by atoms with Gasteiger partial charge in [0.2, 0.25) is 0 Å². The number of allylic oxidation sites excluding steroid dienone is 18. The summed E-state index contributed by atoms with van der Waals surface area (Å²) in [4.78, 5) is 38.4. The maximum Gasteiger partial charge on any atom is 0.306 e. The van der Waals surface area contributed by atoms with Gasteiger partial charge in [-0.3, -0.25) is 14.4 Å². The molecule has 82 heavy (non-hydrogen) atoms. The van der Waals surface area contributed by atoms with Crippen LogP contribution in [0.4, 0.5) is 0 Å². The Hall–Kier alpha value is -3.93. The summed E-state index contributed by atoms with van der Waals surface area (Å²) in [7, 11) is 0. The molecule has 0 rings (SSSR count). The second kappa shape index (κ2) is 69.6. The maximum absolute atomic E-state index is 12.9. The number of carbonyl (C=O) groups is 3. The van der Waals surface area contributed by atoms with Gasteiger partial charge in [0.1, 0.15) is 13.2 Å². The van der Waals surface area contributed by atoms with Crippen molar-refractivity contribution < 1.29 is 28.6 Å². The summed E-state index contributed by atoms with van der Waals surface area (Å²) in [5, 5.41) is 0. The van der Waals surface area contributed by atoms with Gasteiger partial charge >= 0.3 is 17.9 Å². The summed E-state index contributed by atoms with van der Waals surface area (Å²) in [5.41, 5.74) is 0. The highest BCUT2D eigenvalue weighted by Crippen LogP contribution is 2.18. The summed E-state index contributed by atoms with van der Waals surface area (Å²) < 4.78 is 16.9. The number of hydrogen-bond donors (Lipinski definition) is 0. The van der Waals surface area contributed by atoms with Gasteiger partial charge in [0, 0.05) is 19.3 Å². The Morgan fingerprint density at radius 2 is 0.476 bits per heavy atom. The molecule has 0 aromatic heterocycles. The molecule has 0 radical (unpaired) electrons. The molecule has 0 aromatic rings. The first-order valence-corrected chi connectivity index (χ1v) is 34.9. The number of esters is 3. The highest BCUT2D eigenvalue weighted by Gasteiger charge is 2.19. The molecular formula is C76H130O6. The Morgan fingerprint density at radius 3 is 0.768 bits per heavy atom. The van der Waals surface area contributed by atoms with Gasteiger partial charge in [0.05, 0.1) is 0 Å². The Kier molecular flexibility index (Phi) is 66.2. The van der Waals surface area contributed by atoms with E-state index in [1.165, 1.54) is 173 Å². The minimum Gasteiger partial charge on any atom is -0.462 e. The van der Waals surface area contributed by atoms with E-state index in [4.69, 9.17) is 14.2 Å². The molecule has 0 amide bonds.